The van der Waals surface area contributed by atoms with Gasteiger partial charge in [0.05, 0.1) is 24.4 Å². The van der Waals surface area contributed by atoms with Crippen LogP contribution in [-0.4, -0.2) is 40.5 Å². The number of ether oxygens (including phenoxy) is 1. The van der Waals surface area contributed by atoms with Crippen molar-refractivity contribution in [1.29, 1.82) is 0 Å². The van der Waals surface area contributed by atoms with Gasteiger partial charge in [-0.3, -0.25) is 14.4 Å². The fourth-order valence-corrected chi connectivity index (χ4v) is 5.72. The summed E-state index contributed by atoms with van der Waals surface area (Å²) in [5.74, 6) is -2.43. The lowest BCUT2D eigenvalue weighted by molar-refractivity contribution is -0.179. The minimum absolute atomic E-state index is 0.0248. The van der Waals surface area contributed by atoms with Crippen molar-refractivity contribution in [3.8, 4) is 0 Å². The van der Waals surface area contributed by atoms with Gasteiger partial charge in [-0.2, -0.15) is 0 Å². The van der Waals surface area contributed by atoms with Crippen LogP contribution in [-0.2, 0) is 25.5 Å². The molecule has 2 aliphatic heterocycles. The number of aliphatic hydroxyl groups excluding tert-OH is 1. The monoisotopic (exact) mass is 463 g/mol. The molecule has 3 aliphatic rings. The highest BCUT2D eigenvalue weighted by atomic mass is 16.6. The topological polar surface area (TPSA) is 92.7 Å². The number of allylic oxidation sites excluding steroid dienone is 2. The third kappa shape index (κ3) is 4.05. The van der Waals surface area contributed by atoms with E-state index in [1.807, 2.05) is 57.2 Å². The molecule has 1 aliphatic carbocycles. The zero-order valence-electron chi connectivity index (χ0n) is 20.2. The lowest BCUT2D eigenvalue weighted by Crippen LogP contribution is -2.59. The van der Waals surface area contributed by atoms with Crippen LogP contribution in [0.4, 0.5) is 0 Å². The van der Waals surface area contributed by atoms with Gasteiger partial charge in [-0.05, 0) is 50.3 Å². The van der Waals surface area contributed by atoms with Gasteiger partial charge in [-0.15, -0.1) is 0 Å². The van der Waals surface area contributed by atoms with Crippen molar-refractivity contribution in [1.82, 2.24) is 5.32 Å². The fourth-order valence-electron chi connectivity index (χ4n) is 5.72. The van der Waals surface area contributed by atoms with E-state index in [2.05, 4.69) is 5.32 Å². The lowest BCUT2D eigenvalue weighted by Gasteiger charge is -2.46. The zero-order chi connectivity index (χ0) is 24.6. The third-order valence-electron chi connectivity index (χ3n) is 7.73. The first-order chi connectivity index (χ1) is 16.2. The Balaban J connectivity index is 1.82. The lowest BCUT2D eigenvalue weighted by atomic mass is 9.63. The molecule has 180 valence electrons. The van der Waals surface area contributed by atoms with Crippen LogP contribution in [0.1, 0.15) is 46.1 Å². The Labute approximate surface area is 200 Å². The van der Waals surface area contributed by atoms with Crippen LogP contribution in [0.15, 0.2) is 65.3 Å². The molecule has 2 heterocycles. The van der Waals surface area contributed by atoms with Crippen molar-refractivity contribution in [2.24, 2.45) is 17.8 Å². The van der Waals surface area contributed by atoms with Crippen molar-refractivity contribution in [3.05, 3.63) is 70.8 Å². The summed E-state index contributed by atoms with van der Waals surface area (Å²) in [5, 5.41) is 14.4. The Bertz CT molecular complexity index is 1090. The van der Waals surface area contributed by atoms with Crippen LogP contribution in [0.3, 0.4) is 0 Å². The largest absolute Gasteiger partial charge is 0.447 e. The van der Waals surface area contributed by atoms with Crippen LogP contribution < -0.4 is 5.32 Å². The van der Waals surface area contributed by atoms with Crippen molar-refractivity contribution in [2.45, 2.75) is 64.7 Å². The first-order valence-electron chi connectivity index (χ1n) is 12.0. The molecule has 0 aromatic heterocycles. The van der Waals surface area contributed by atoms with E-state index in [-0.39, 0.29) is 30.1 Å². The SMILES string of the molecule is CC1=CCC(=O)O[C@]23C(=O)N[C@H](Cc4ccccc4)[C@H]2C(C)=C(C)[C@H](O)[C@H]3C=CC[C@@H](C)C1=O. The zero-order valence-corrected chi connectivity index (χ0v) is 20.2. The first kappa shape index (κ1) is 24.1. The molecular weight excluding hydrogens is 430 g/mol. The number of nitrogens with one attached hydrogen (secondary N) is 1. The van der Waals surface area contributed by atoms with Gasteiger partial charge >= 0.3 is 5.97 Å². The summed E-state index contributed by atoms with van der Waals surface area (Å²) in [5.41, 5.74) is 1.68. The van der Waals surface area contributed by atoms with Gasteiger partial charge in [0, 0.05) is 12.0 Å². The summed E-state index contributed by atoms with van der Waals surface area (Å²) in [6.07, 6.45) is 5.15. The van der Waals surface area contributed by atoms with Gasteiger partial charge in [0.25, 0.3) is 5.91 Å². The standard InChI is InChI=1S/C28H33NO5/c1-16-9-8-12-21-26(32)19(4)18(3)24-22(15-20-10-6-5-7-11-20)29-27(33)28(21,24)34-23(30)14-13-17(2)25(16)31/h5-8,10-13,16,21-22,24,26,32H,9,14-15H2,1-4H3,(H,29,33)/t16-,21-,22-,24-,26+,28+/m1/s1. The van der Waals surface area contributed by atoms with Gasteiger partial charge < -0.3 is 15.2 Å². The molecule has 2 N–H and O–H groups in total. The number of carbonyl (C=O) groups excluding carboxylic acids is 3. The van der Waals surface area contributed by atoms with Crippen LogP contribution in [0.5, 0.6) is 0 Å². The second kappa shape index (κ2) is 9.34. The third-order valence-corrected chi connectivity index (χ3v) is 7.73. The molecule has 1 spiro atoms. The van der Waals surface area contributed by atoms with Crippen molar-refractivity contribution in [2.75, 3.05) is 0 Å². The summed E-state index contributed by atoms with van der Waals surface area (Å²) in [6.45, 7) is 7.33. The number of amides is 1. The number of benzene rings is 1. The second-order valence-corrected chi connectivity index (χ2v) is 9.87. The molecule has 1 amide bonds. The minimum Gasteiger partial charge on any atom is -0.447 e. The van der Waals surface area contributed by atoms with Crippen LogP contribution in [0, 0.1) is 17.8 Å². The van der Waals surface area contributed by atoms with E-state index < -0.39 is 29.5 Å². The van der Waals surface area contributed by atoms with Gasteiger partial charge in [0.15, 0.2) is 5.78 Å². The fraction of sp³-hybridized carbons (Fsp3) is 0.464. The predicted octanol–water partition coefficient (Wildman–Crippen LogP) is 3.45. The molecule has 6 atom stereocenters. The van der Waals surface area contributed by atoms with E-state index >= 15 is 0 Å². The smallest absolute Gasteiger partial charge is 0.310 e. The highest BCUT2D eigenvalue weighted by Gasteiger charge is 2.66. The number of aliphatic hydroxyl groups is 1. The highest BCUT2D eigenvalue weighted by molar-refractivity contribution is 5.97. The molecule has 6 heteroatoms. The molecule has 4 rings (SSSR count). The molecule has 34 heavy (non-hydrogen) atoms. The van der Waals surface area contributed by atoms with Crippen molar-refractivity contribution < 1.29 is 24.2 Å². The molecule has 1 fully saturated rings. The summed E-state index contributed by atoms with van der Waals surface area (Å²) in [7, 11) is 0. The predicted molar refractivity (Wildman–Crippen MR) is 129 cm³/mol. The molecule has 0 saturated carbocycles. The number of rotatable bonds is 2. The van der Waals surface area contributed by atoms with Crippen molar-refractivity contribution >= 4 is 17.7 Å². The average Bonchev–Trinajstić information content (AvgIpc) is 3.08. The summed E-state index contributed by atoms with van der Waals surface area (Å²) < 4.78 is 6.07. The Hall–Kier alpha value is -2.99. The number of carbonyl (C=O) groups is 3. The maximum Gasteiger partial charge on any atom is 0.310 e. The van der Waals surface area contributed by atoms with Crippen molar-refractivity contribution in [3.63, 3.8) is 0 Å². The van der Waals surface area contributed by atoms with E-state index in [4.69, 9.17) is 4.74 Å². The minimum atomic E-state index is -1.55. The molecular formula is C28H33NO5. The molecule has 1 aromatic carbocycles. The maximum atomic E-state index is 13.7. The first-order valence-corrected chi connectivity index (χ1v) is 12.0. The summed E-state index contributed by atoms with van der Waals surface area (Å²) >= 11 is 0. The Morgan fingerprint density at radius 3 is 2.50 bits per heavy atom. The number of hydrogen-bond acceptors (Lipinski definition) is 5. The summed E-state index contributed by atoms with van der Waals surface area (Å²) in [4.78, 5) is 39.3. The van der Waals surface area contributed by atoms with E-state index in [0.717, 1.165) is 16.7 Å². The van der Waals surface area contributed by atoms with E-state index in [1.54, 1.807) is 19.1 Å². The number of Topliss-reactive ketones (excluding diaryl/α,β-unsaturated/α-hetero) is 1. The van der Waals surface area contributed by atoms with Crippen LogP contribution in [0.2, 0.25) is 0 Å². The Kier molecular flexibility index (Phi) is 6.63. The number of ketones is 1. The van der Waals surface area contributed by atoms with Gasteiger partial charge in [0.2, 0.25) is 5.60 Å². The quantitative estimate of drug-likeness (QED) is 0.518. The van der Waals surface area contributed by atoms with Crippen LogP contribution >= 0.6 is 0 Å². The summed E-state index contributed by atoms with van der Waals surface area (Å²) in [6, 6.07) is 9.60. The number of esters is 1. The van der Waals surface area contributed by atoms with E-state index in [1.165, 1.54) is 0 Å². The van der Waals surface area contributed by atoms with E-state index in [0.29, 0.717) is 18.4 Å². The van der Waals surface area contributed by atoms with E-state index in [9.17, 15) is 19.5 Å². The molecule has 1 saturated heterocycles. The van der Waals surface area contributed by atoms with Crippen LogP contribution in [0.25, 0.3) is 0 Å². The number of hydrogen-bond donors (Lipinski definition) is 2. The molecule has 0 bridgehead atoms. The Morgan fingerprint density at radius 2 is 1.79 bits per heavy atom. The molecule has 6 nitrogen and oxygen atoms in total. The Morgan fingerprint density at radius 1 is 1.09 bits per heavy atom. The normalized spacial score (nSPS) is 34.3. The molecule has 1 aromatic rings. The van der Waals surface area contributed by atoms with Gasteiger partial charge in [0.1, 0.15) is 0 Å². The second-order valence-electron chi connectivity index (χ2n) is 9.87. The molecule has 0 radical (unpaired) electrons. The van der Waals surface area contributed by atoms with Gasteiger partial charge in [-0.25, -0.2) is 0 Å². The average molecular weight is 464 g/mol. The highest BCUT2D eigenvalue weighted by Crippen LogP contribution is 2.50. The van der Waals surface area contributed by atoms with Gasteiger partial charge in [-0.1, -0.05) is 61.1 Å². The maximum absolute atomic E-state index is 13.7. The molecule has 0 unspecified atom stereocenters.